The molecule has 0 fully saturated rings. The molecule has 0 spiro atoms. The summed E-state index contributed by atoms with van der Waals surface area (Å²) in [5.41, 5.74) is 9.81. The minimum absolute atomic E-state index is 0.884. The van der Waals surface area contributed by atoms with Crippen molar-refractivity contribution in [3.63, 3.8) is 0 Å². The smallest absolute Gasteiger partial charge is 0.169 e. The van der Waals surface area contributed by atoms with E-state index in [2.05, 4.69) is 93.8 Å². The van der Waals surface area contributed by atoms with Crippen LogP contribution in [0, 0.1) is 27.7 Å². The van der Waals surface area contributed by atoms with Gasteiger partial charge in [0.15, 0.2) is 11.6 Å². The molecule has 1 aromatic heterocycles. The van der Waals surface area contributed by atoms with Gasteiger partial charge in [0.05, 0.1) is 5.69 Å². The molecule has 3 aromatic carbocycles. The predicted octanol–water partition coefficient (Wildman–Crippen LogP) is 7.96. The first kappa shape index (κ1) is 23.0. The lowest BCUT2D eigenvalue weighted by Gasteiger charge is -2.19. The summed E-state index contributed by atoms with van der Waals surface area (Å²) in [5.74, 6) is 1.79. The lowest BCUT2D eigenvalue weighted by Crippen LogP contribution is -2.07. The number of unbranched alkanes of at least 4 members (excludes halogenated alkanes) is 3. The lowest BCUT2D eigenvalue weighted by atomic mass is 9.98. The summed E-state index contributed by atoms with van der Waals surface area (Å²) in [7, 11) is 0. The van der Waals surface area contributed by atoms with Crippen molar-refractivity contribution in [1.29, 1.82) is 0 Å². The summed E-state index contributed by atoms with van der Waals surface area (Å²) >= 11 is 0. The molecule has 0 radical (unpaired) electrons. The van der Waals surface area contributed by atoms with E-state index in [9.17, 15) is 0 Å². The topological polar surface area (TPSA) is 30.7 Å². The van der Waals surface area contributed by atoms with Crippen LogP contribution in [0.15, 0.2) is 60.7 Å². The molecule has 0 bridgehead atoms. The van der Waals surface area contributed by atoms with Crippen LogP contribution >= 0.6 is 0 Å². The molecule has 1 heterocycles. The third-order valence-corrected chi connectivity index (χ3v) is 6.49. The number of nitrogens with zero attached hydrogens (tertiary/aromatic N) is 3. The number of hydrogen-bond acceptors (Lipinski definition) is 2. The molecule has 33 heavy (non-hydrogen) atoms. The van der Waals surface area contributed by atoms with E-state index in [0.29, 0.717) is 0 Å². The highest BCUT2D eigenvalue weighted by Crippen LogP contribution is 2.35. The summed E-state index contributed by atoms with van der Waals surface area (Å²) < 4.78 is 2.27. The lowest BCUT2D eigenvalue weighted by molar-refractivity contribution is 0.666. The largest absolute Gasteiger partial charge is 0.274 e. The van der Waals surface area contributed by atoms with Crippen LogP contribution in [0.4, 0.5) is 0 Å². The highest BCUT2D eigenvalue weighted by molar-refractivity contribution is 5.72. The summed E-state index contributed by atoms with van der Waals surface area (Å²) in [4.78, 5) is 0. The maximum absolute atomic E-state index is 4.75. The van der Waals surface area contributed by atoms with E-state index >= 15 is 0 Å². The highest BCUT2D eigenvalue weighted by Gasteiger charge is 2.22. The van der Waals surface area contributed by atoms with Crippen molar-refractivity contribution in [2.45, 2.75) is 66.7 Å². The molecule has 0 amide bonds. The number of hydrogen-bond donors (Lipinski definition) is 0. The Balaban J connectivity index is 1.88. The summed E-state index contributed by atoms with van der Waals surface area (Å²) in [6.45, 7) is 11.0. The summed E-state index contributed by atoms with van der Waals surface area (Å²) in [5, 5.41) is 9.46. The monoisotopic (exact) mass is 437 g/mol. The summed E-state index contributed by atoms with van der Waals surface area (Å²) in [6.07, 6.45) is 6.28. The zero-order chi connectivity index (χ0) is 23.4. The molecule has 0 unspecified atom stereocenters. The van der Waals surface area contributed by atoms with Gasteiger partial charge in [0.1, 0.15) is 0 Å². The maximum atomic E-state index is 4.75. The third-order valence-electron chi connectivity index (χ3n) is 6.49. The fraction of sp³-hybridized carbons (Fsp3) is 0.333. The molecule has 0 saturated heterocycles. The van der Waals surface area contributed by atoms with Gasteiger partial charge in [-0.05, 0) is 68.4 Å². The number of aryl methyl sites for hydroxylation is 5. The Morgan fingerprint density at radius 2 is 1.30 bits per heavy atom. The van der Waals surface area contributed by atoms with E-state index in [4.69, 9.17) is 10.2 Å². The van der Waals surface area contributed by atoms with Gasteiger partial charge in [-0.25, -0.2) is 0 Å². The third kappa shape index (κ3) is 4.78. The van der Waals surface area contributed by atoms with Crippen molar-refractivity contribution in [3.05, 3.63) is 88.5 Å². The van der Waals surface area contributed by atoms with E-state index in [0.717, 1.165) is 29.2 Å². The van der Waals surface area contributed by atoms with Crippen LogP contribution < -0.4 is 0 Å². The first-order valence-corrected chi connectivity index (χ1v) is 12.2. The average molecular weight is 438 g/mol. The van der Waals surface area contributed by atoms with E-state index in [-0.39, 0.29) is 0 Å². The molecule has 3 heteroatoms. The van der Waals surface area contributed by atoms with Crippen LogP contribution in [0.2, 0.25) is 0 Å². The molecule has 0 N–H and O–H groups in total. The van der Waals surface area contributed by atoms with Crippen LogP contribution in [0.5, 0.6) is 0 Å². The Hall–Kier alpha value is -3.20. The van der Waals surface area contributed by atoms with Crippen molar-refractivity contribution in [2.75, 3.05) is 0 Å². The second kappa shape index (κ2) is 10.2. The Bertz CT molecular complexity index is 1190. The maximum Gasteiger partial charge on any atom is 0.169 e. The average Bonchev–Trinajstić information content (AvgIpc) is 3.21. The summed E-state index contributed by atoms with van der Waals surface area (Å²) in [6, 6.07) is 21.5. The molecule has 4 rings (SSSR count). The zero-order valence-corrected chi connectivity index (χ0v) is 20.7. The molecule has 0 aliphatic carbocycles. The zero-order valence-electron chi connectivity index (χ0n) is 20.7. The number of benzene rings is 3. The Morgan fingerprint density at radius 1 is 0.667 bits per heavy atom. The van der Waals surface area contributed by atoms with Crippen molar-refractivity contribution in [3.8, 4) is 28.5 Å². The van der Waals surface area contributed by atoms with Gasteiger partial charge >= 0.3 is 0 Å². The number of rotatable bonds is 8. The van der Waals surface area contributed by atoms with Crippen molar-refractivity contribution >= 4 is 0 Å². The minimum Gasteiger partial charge on any atom is -0.274 e. The van der Waals surface area contributed by atoms with E-state index < -0.39 is 0 Å². The molecular formula is C30H35N3. The van der Waals surface area contributed by atoms with Crippen molar-refractivity contribution < 1.29 is 0 Å². The van der Waals surface area contributed by atoms with Gasteiger partial charge in [-0.15, -0.1) is 10.2 Å². The van der Waals surface area contributed by atoms with E-state index in [1.807, 2.05) is 6.07 Å². The van der Waals surface area contributed by atoms with Crippen molar-refractivity contribution in [2.24, 2.45) is 0 Å². The van der Waals surface area contributed by atoms with Gasteiger partial charge < -0.3 is 0 Å². The second-order valence-corrected chi connectivity index (χ2v) is 9.20. The van der Waals surface area contributed by atoms with Gasteiger partial charge in [-0.2, -0.15) is 0 Å². The van der Waals surface area contributed by atoms with Gasteiger partial charge in [0.25, 0.3) is 0 Å². The van der Waals surface area contributed by atoms with Crippen LogP contribution in [-0.2, 0) is 6.42 Å². The van der Waals surface area contributed by atoms with Crippen LogP contribution in [-0.4, -0.2) is 14.8 Å². The minimum atomic E-state index is 0.884. The fourth-order valence-corrected chi connectivity index (χ4v) is 4.90. The Kier molecular flexibility index (Phi) is 7.08. The Labute approximate surface area is 198 Å². The first-order chi connectivity index (χ1) is 16.0. The van der Waals surface area contributed by atoms with Gasteiger partial charge in [0.2, 0.25) is 0 Å². The van der Waals surface area contributed by atoms with Gasteiger partial charge in [-0.1, -0.05) is 86.8 Å². The normalized spacial score (nSPS) is 11.2. The molecule has 0 saturated carbocycles. The number of aromatic nitrogens is 3. The van der Waals surface area contributed by atoms with E-state index in [1.165, 1.54) is 59.2 Å². The van der Waals surface area contributed by atoms with Crippen molar-refractivity contribution in [1.82, 2.24) is 14.8 Å². The SMILES string of the molecule is CCCCCCc1cc(C)c(-n2c(-c3ccccc3)nnc2-c2c(C)cccc2C)c(C)c1. The first-order valence-electron chi connectivity index (χ1n) is 12.2. The van der Waals surface area contributed by atoms with Crippen LogP contribution in [0.1, 0.15) is 60.4 Å². The standard InChI is InChI=1S/C30H35N3/c1-6-7-8-10-16-25-19-23(4)28(24(5)20-25)33-29(26-17-11-9-12-18-26)31-32-30(33)27-21(2)14-13-15-22(27)3/h9,11-15,17-20H,6-8,10,16H2,1-5H3. The van der Waals surface area contributed by atoms with Gasteiger partial charge in [0, 0.05) is 11.1 Å². The molecule has 3 nitrogen and oxygen atoms in total. The molecule has 4 aromatic rings. The molecule has 0 aliphatic heterocycles. The Morgan fingerprint density at radius 3 is 1.94 bits per heavy atom. The predicted molar refractivity (Wildman–Crippen MR) is 139 cm³/mol. The van der Waals surface area contributed by atoms with Gasteiger partial charge in [-0.3, -0.25) is 4.57 Å². The quantitative estimate of drug-likeness (QED) is 0.262. The van der Waals surface area contributed by atoms with Crippen LogP contribution in [0.3, 0.4) is 0 Å². The molecular weight excluding hydrogens is 402 g/mol. The van der Waals surface area contributed by atoms with Crippen LogP contribution in [0.25, 0.3) is 28.5 Å². The molecule has 170 valence electrons. The molecule has 0 atom stereocenters. The fourth-order valence-electron chi connectivity index (χ4n) is 4.90. The van der Waals surface area contributed by atoms with E-state index in [1.54, 1.807) is 0 Å². The molecule has 0 aliphatic rings. The second-order valence-electron chi connectivity index (χ2n) is 9.20. The highest BCUT2D eigenvalue weighted by atomic mass is 15.3.